The predicted molar refractivity (Wildman–Crippen MR) is 133 cm³/mol. The summed E-state index contributed by atoms with van der Waals surface area (Å²) in [6.07, 6.45) is 3.54. The van der Waals surface area contributed by atoms with Gasteiger partial charge in [0, 0.05) is 46.4 Å². The standard InChI is InChI=1S/C21H34N4O4S.HI/c1-22-21(23-9-4-12-29-16-18-7-8-18)24-15-19-5-2-3-6-20(19)17-30(26,27)25-10-13-28-14-11-25;/h2-3,5-6,18H,4,7-17H2,1H3,(H2,22,23,24);1H. The van der Waals surface area contributed by atoms with Gasteiger partial charge >= 0.3 is 0 Å². The lowest BCUT2D eigenvalue weighted by molar-refractivity contribution is 0.0729. The maximum atomic E-state index is 12.8. The summed E-state index contributed by atoms with van der Waals surface area (Å²) in [7, 11) is -1.63. The topological polar surface area (TPSA) is 92.3 Å². The molecule has 0 atom stereocenters. The second-order valence-electron chi connectivity index (χ2n) is 7.76. The first-order chi connectivity index (χ1) is 14.6. The van der Waals surface area contributed by atoms with Crippen LogP contribution in [-0.2, 0) is 31.8 Å². The van der Waals surface area contributed by atoms with Crippen LogP contribution in [0.1, 0.15) is 30.4 Å². The van der Waals surface area contributed by atoms with Crippen molar-refractivity contribution in [2.75, 3.05) is 53.1 Å². The van der Waals surface area contributed by atoms with Gasteiger partial charge in [0.2, 0.25) is 10.0 Å². The molecule has 2 N–H and O–H groups in total. The number of ether oxygens (including phenoxy) is 2. The van der Waals surface area contributed by atoms with E-state index in [-0.39, 0.29) is 29.7 Å². The van der Waals surface area contributed by atoms with Crippen LogP contribution < -0.4 is 10.6 Å². The van der Waals surface area contributed by atoms with Gasteiger partial charge in [-0.1, -0.05) is 24.3 Å². The van der Waals surface area contributed by atoms with Gasteiger partial charge in [-0.05, 0) is 36.3 Å². The molecule has 1 aromatic rings. The third kappa shape index (κ3) is 9.21. The highest BCUT2D eigenvalue weighted by molar-refractivity contribution is 14.0. The van der Waals surface area contributed by atoms with E-state index in [0.717, 1.165) is 43.2 Å². The van der Waals surface area contributed by atoms with E-state index in [1.807, 2.05) is 24.3 Å². The molecule has 0 amide bonds. The Balaban J connectivity index is 0.00000341. The first kappa shape index (κ1) is 26.3. The molecular weight excluding hydrogens is 531 g/mol. The molecule has 1 saturated carbocycles. The first-order valence-corrected chi connectivity index (χ1v) is 12.3. The van der Waals surface area contributed by atoms with Crippen LogP contribution in [0.15, 0.2) is 29.3 Å². The fourth-order valence-electron chi connectivity index (χ4n) is 3.30. The van der Waals surface area contributed by atoms with Gasteiger partial charge in [0.25, 0.3) is 0 Å². The van der Waals surface area contributed by atoms with Crippen molar-refractivity contribution in [3.05, 3.63) is 35.4 Å². The molecule has 1 saturated heterocycles. The fourth-order valence-corrected chi connectivity index (χ4v) is 4.86. The molecule has 3 rings (SSSR count). The summed E-state index contributed by atoms with van der Waals surface area (Å²) in [6.45, 7) is 4.67. The zero-order valence-corrected chi connectivity index (χ0v) is 21.4. The van der Waals surface area contributed by atoms with Crippen LogP contribution in [0.4, 0.5) is 0 Å². The summed E-state index contributed by atoms with van der Waals surface area (Å²) in [5, 5.41) is 6.56. The van der Waals surface area contributed by atoms with Gasteiger partial charge in [0.05, 0.1) is 19.0 Å². The van der Waals surface area contributed by atoms with Crippen molar-refractivity contribution in [1.82, 2.24) is 14.9 Å². The van der Waals surface area contributed by atoms with E-state index < -0.39 is 10.0 Å². The van der Waals surface area contributed by atoms with Crippen molar-refractivity contribution in [3.63, 3.8) is 0 Å². The molecule has 0 radical (unpaired) electrons. The highest BCUT2D eigenvalue weighted by Crippen LogP contribution is 2.28. The van der Waals surface area contributed by atoms with Crippen molar-refractivity contribution >= 4 is 40.0 Å². The van der Waals surface area contributed by atoms with Crippen molar-refractivity contribution in [2.24, 2.45) is 10.9 Å². The third-order valence-electron chi connectivity index (χ3n) is 5.30. The number of aliphatic imine (C=N–C) groups is 1. The molecule has 176 valence electrons. The number of nitrogens with one attached hydrogen (secondary N) is 2. The average Bonchev–Trinajstić information content (AvgIpc) is 3.58. The summed E-state index contributed by atoms with van der Waals surface area (Å²) in [5.41, 5.74) is 1.76. The number of hydrogen-bond donors (Lipinski definition) is 2. The van der Waals surface area contributed by atoms with Crippen LogP contribution in [0, 0.1) is 5.92 Å². The van der Waals surface area contributed by atoms with E-state index >= 15 is 0 Å². The Morgan fingerprint density at radius 1 is 1.19 bits per heavy atom. The van der Waals surface area contributed by atoms with Crippen LogP contribution in [0.2, 0.25) is 0 Å². The van der Waals surface area contributed by atoms with Gasteiger partial charge in [0.1, 0.15) is 0 Å². The van der Waals surface area contributed by atoms with E-state index in [9.17, 15) is 8.42 Å². The number of halogens is 1. The number of guanidine groups is 1. The van der Waals surface area contributed by atoms with Gasteiger partial charge in [-0.3, -0.25) is 4.99 Å². The lowest BCUT2D eigenvalue weighted by Gasteiger charge is -2.26. The summed E-state index contributed by atoms with van der Waals surface area (Å²) in [4.78, 5) is 4.25. The minimum atomic E-state index is -3.36. The van der Waals surface area contributed by atoms with Crippen LogP contribution in [0.5, 0.6) is 0 Å². The van der Waals surface area contributed by atoms with Gasteiger partial charge in [-0.15, -0.1) is 24.0 Å². The van der Waals surface area contributed by atoms with E-state index in [4.69, 9.17) is 9.47 Å². The molecule has 31 heavy (non-hydrogen) atoms. The highest BCUT2D eigenvalue weighted by Gasteiger charge is 2.25. The normalized spacial score (nSPS) is 17.8. The Hall–Kier alpha value is -0.950. The zero-order chi connectivity index (χ0) is 21.2. The van der Waals surface area contributed by atoms with Gasteiger partial charge < -0.3 is 20.1 Å². The van der Waals surface area contributed by atoms with Crippen LogP contribution in [0.25, 0.3) is 0 Å². The molecule has 0 aromatic heterocycles. The van der Waals surface area contributed by atoms with Crippen molar-refractivity contribution < 1.29 is 17.9 Å². The summed E-state index contributed by atoms with van der Waals surface area (Å²) >= 11 is 0. The average molecular weight is 567 g/mol. The molecule has 0 spiro atoms. The van der Waals surface area contributed by atoms with Gasteiger partial charge in [-0.2, -0.15) is 4.31 Å². The minimum absolute atomic E-state index is 0. The highest BCUT2D eigenvalue weighted by atomic mass is 127. The Bertz CT molecular complexity index is 796. The van der Waals surface area contributed by atoms with Crippen molar-refractivity contribution in [1.29, 1.82) is 0 Å². The fraction of sp³-hybridized carbons (Fsp3) is 0.667. The van der Waals surface area contributed by atoms with E-state index in [2.05, 4.69) is 15.6 Å². The monoisotopic (exact) mass is 566 g/mol. The van der Waals surface area contributed by atoms with E-state index in [1.54, 1.807) is 7.05 Å². The maximum Gasteiger partial charge on any atom is 0.218 e. The number of hydrogen-bond acceptors (Lipinski definition) is 5. The molecular formula is C21H35IN4O4S. The molecule has 0 bridgehead atoms. The first-order valence-electron chi connectivity index (χ1n) is 10.7. The molecule has 10 heteroatoms. The molecule has 2 aliphatic rings. The Morgan fingerprint density at radius 3 is 2.58 bits per heavy atom. The van der Waals surface area contributed by atoms with Gasteiger partial charge in [-0.25, -0.2) is 8.42 Å². The quantitative estimate of drug-likeness (QED) is 0.184. The summed E-state index contributed by atoms with van der Waals surface area (Å²) in [6, 6.07) is 7.64. The SMILES string of the molecule is CN=C(NCCCOCC1CC1)NCc1ccccc1CS(=O)(=O)N1CCOCC1.I. The third-order valence-corrected chi connectivity index (χ3v) is 7.13. The smallest absolute Gasteiger partial charge is 0.218 e. The number of morpholine rings is 1. The van der Waals surface area contributed by atoms with Crippen LogP contribution >= 0.6 is 24.0 Å². The minimum Gasteiger partial charge on any atom is -0.381 e. The Labute approximate surface area is 203 Å². The van der Waals surface area contributed by atoms with Crippen molar-refractivity contribution in [3.8, 4) is 0 Å². The van der Waals surface area contributed by atoms with Crippen LogP contribution in [0.3, 0.4) is 0 Å². The molecule has 1 aromatic carbocycles. The summed E-state index contributed by atoms with van der Waals surface area (Å²) < 4.78 is 38.0. The molecule has 1 aliphatic heterocycles. The van der Waals surface area contributed by atoms with Crippen molar-refractivity contribution in [2.45, 2.75) is 31.6 Å². The van der Waals surface area contributed by atoms with E-state index in [1.165, 1.54) is 17.1 Å². The molecule has 1 aliphatic carbocycles. The second-order valence-corrected chi connectivity index (χ2v) is 9.73. The molecule has 1 heterocycles. The predicted octanol–water partition coefficient (Wildman–Crippen LogP) is 1.95. The van der Waals surface area contributed by atoms with E-state index in [0.29, 0.717) is 38.8 Å². The number of rotatable bonds is 11. The molecule has 0 unspecified atom stereocenters. The second kappa shape index (κ2) is 13.6. The Kier molecular flexibility index (Phi) is 11.5. The summed E-state index contributed by atoms with van der Waals surface area (Å²) in [5.74, 6) is 1.48. The number of nitrogens with zero attached hydrogens (tertiary/aromatic N) is 2. The number of sulfonamides is 1. The molecule has 8 nitrogen and oxygen atoms in total. The maximum absolute atomic E-state index is 12.8. The zero-order valence-electron chi connectivity index (χ0n) is 18.2. The lowest BCUT2D eigenvalue weighted by atomic mass is 10.1. The lowest BCUT2D eigenvalue weighted by Crippen LogP contribution is -2.41. The molecule has 2 fully saturated rings. The Morgan fingerprint density at radius 2 is 1.90 bits per heavy atom. The van der Waals surface area contributed by atoms with Crippen LogP contribution in [-0.4, -0.2) is 71.8 Å². The number of benzene rings is 1. The van der Waals surface area contributed by atoms with Gasteiger partial charge in [0.15, 0.2) is 5.96 Å². The largest absolute Gasteiger partial charge is 0.381 e.